The maximum absolute atomic E-state index is 12.3. The van der Waals surface area contributed by atoms with Crippen LogP contribution >= 0.6 is 0 Å². The number of rotatable bonds is 10. The van der Waals surface area contributed by atoms with Crippen molar-refractivity contribution in [1.29, 1.82) is 0 Å². The second-order valence-corrected chi connectivity index (χ2v) is 8.47. The van der Waals surface area contributed by atoms with E-state index >= 15 is 0 Å². The van der Waals surface area contributed by atoms with E-state index in [-0.39, 0.29) is 22.9 Å². The Labute approximate surface area is 187 Å². The van der Waals surface area contributed by atoms with Crippen LogP contribution in [-0.2, 0) is 19.6 Å². The minimum absolute atomic E-state index is 0.0246. The molecule has 0 aliphatic carbocycles. The number of nitrogens with one attached hydrogen (secondary N) is 2. The maximum atomic E-state index is 12.3. The molecule has 2 amide bonds. The fourth-order valence-electron chi connectivity index (χ4n) is 2.84. The minimum Gasteiger partial charge on any atom is -0.452 e. The zero-order chi connectivity index (χ0) is 23.7. The zero-order valence-electron chi connectivity index (χ0n) is 18.3. The molecule has 0 unspecified atom stereocenters. The van der Waals surface area contributed by atoms with Crippen molar-refractivity contribution in [3.05, 3.63) is 59.7 Å². The second-order valence-electron chi connectivity index (χ2n) is 6.70. The van der Waals surface area contributed by atoms with Crippen LogP contribution in [0.3, 0.4) is 0 Å². The summed E-state index contributed by atoms with van der Waals surface area (Å²) in [5.41, 5.74) is 1.09. The van der Waals surface area contributed by atoms with E-state index in [1.54, 1.807) is 36.1 Å². The number of carbonyl (C=O) groups excluding carboxylic acids is 3. The van der Waals surface area contributed by atoms with E-state index in [9.17, 15) is 22.8 Å². The quantitative estimate of drug-likeness (QED) is 0.524. The van der Waals surface area contributed by atoms with Crippen LogP contribution in [-0.4, -0.2) is 57.3 Å². The molecule has 0 saturated heterocycles. The van der Waals surface area contributed by atoms with E-state index in [1.807, 2.05) is 13.8 Å². The summed E-state index contributed by atoms with van der Waals surface area (Å²) in [6.07, 6.45) is 0. The summed E-state index contributed by atoms with van der Waals surface area (Å²) >= 11 is 0. The molecule has 0 heterocycles. The van der Waals surface area contributed by atoms with Gasteiger partial charge < -0.3 is 15.0 Å². The van der Waals surface area contributed by atoms with E-state index in [4.69, 9.17) is 4.74 Å². The van der Waals surface area contributed by atoms with Gasteiger partial charge in [0.2, 0.25) is 10.0 Å². The van der Waals surface area contributed by atoms with Gasteiger partial charge in [-0.3, -0.25) is 9.59 Å². The monoisotopic (exact) mass is 461 g/mol. The first kappa shape index (κ1) is 25.0. The molecule has 0 spiro atoms. The number of amides is 2. The standard InChI is InChI=1S/C22H27N3O6S/c1-4-23-32(29,30)19-13-9-17(10-14-19)22(28)31-15-20(26)24-18-11-7-16(8-12-18)21(27)25(5-2)6-3/h7-14,23H,4-6,15H2,1-3H3,(H,24,26). The van der Waals surface area contributed by atoms with Crippen molar-refractivity contribution in [2.24, 2.45) is 0 Å². The Kier molecular flexibility index (Phi) is 8.91. The number of hydrogen-bond acceptors (Lipinski definition) is 6. The van der Waals surface area contributed by atoms with Crippen LogP contribution in [0.1, 0.15) is 41.5 Å². The molecule has 2 N–H and O–H groups in total. The van der Waals surface area contributed by atoms with Gasteiger partial charge in [-0.25, -0.2) is 17.9 Å². The van der Waals surface area contributed by atoms with Gasteiger partial charge in [-0.05, 0) is 62.4 Å². The van der Waals surface area contributed by atoms with Gasteiger partial charge in [0.1, 0.15) is 0 Å². The number of hydrogen-bond donors (Lipinski definition) is 2. The molecule has 0 bridgehead atoms. The van der Waals surface area contributed by atoms with E-state index in [0.717, 1.165) is 0 Å². The summed E-state index contributed by atoms with van der Waals surface area (Å²) < 4.78 is 31.2. The molecule has 9 nitrogen and oxygen atoms in total. The second kappa shape index (κ2) is 11.4. The third kappa shape index (κ3) is 6.63. The summed E-state index contributed by atoms with van der Waals surface area (Å²) in [4.78, 5) is 38.2. The Morgan fingerprint density at radius 2 is 1.44 bits per heavy atom. The van der Waals surface area contributed by atoms with Crippen molar-refractivity contribution in [1.82, 2.24) is 9.62 Å². The number of anilines is 1. The van der Waals surface area contributed by atoms with E-state index in [1.165, 1.54) is 24.3 Å². The number of benzene rings is 2. The zero-order valence-corrected chi connectivity index (χ0v) is 19.1. The van der Waals surface area contributed by atoms with Crippen molar-refractivity contribution in [2.45, 2.75) is 25.7 Å². The molecule has 0 saturated carbocycles. The van der Waals surface area contributed by atoms with Crippen molar-refractivity contribution in [3.8, 4) is 0 Å². The number of esters is 1. The fraction of sp³-hybridized carbons (Fsp3) is 0.318. The number of ether oxygens (including phenoxy) is 1. The van der Waals surface area contributed by atoms with Gasteiger partial charge in [0, 0.05) is 30.9 Å². The highest BCUT2D eigenvalue weighted by atomic mass is 32.2. The first-order valence-electron chi connectivity index (χ1n) is 10.2. The third-order valence-corrected chi connectivity index (χ3v) is 6.10. The lowest BCUT2D eigenvalue weighted by Gasteiger charge is -2.18. The van der Waals surface area contributed by atoms with Crippen molar-refractivity contribution in [3.63, 3.8) is 0 Å². The van der Waals surface area contributed by atoms with Crippen LogP contribution in [0, 0.1) is 0 Å². The van der Waals surface area contributed by atoms with Crippen LogP contribution in [0.15, 0.2) is 53.4 Å². The highest BCUT2D eigenvalue weighted by Crippen LogP contribution is 2.13. The Balaban J connectivity index is 1.90. The van der Waals surface area contributed by atoms with Gasteiger partial charge >= 0.3 is 5.97 Å². The molecule has 0 aromatic heterocycles. The van der Waals surface area contributed by atoms with E-state index in [2.05, 4.69) is 10.0 Å². The van der Waals surface area contributed by atoms with E-state index < -0.39 is 28.5 Å². The molecule has 0 atom stereocenters. The molecule has 2 rings (SSSR count). The Morgan fingerprint density at radius 1 is 0.875 bits per heavy atom. The number of sulfonamides is 1. The van der Waals surface area contributed by atoms with Crippen molar-refractivity contribution >= 4 is 33.5 Å². The van der Waals surface area contributed by atoms with Crippen LogP contribution in [0.25, 0.3) is 0 Å². The van der Waals surface area contributed by atoms with Crippen molar-refractivity contribution in [2.75, 3.05) is 31.6 Å². The van der Waals surface area contributed by atoms with Gasteiger partial charge in [0.05, 0.1) is 10.5 Å². The van der Waals surface area contributed by atoms with Crippen LogP contribution in [0.5, 0.6) is 0 Å². The summed E-state index contributed by atoms with van der Waals surface area (Å²) in [6, 6.07) is 11.6. The maximum Gasteiger partial charge on any atom is 0.338 e. The lowest BCUT2D eigenvalue weighted by Crippen LogP contribution is -2.30. The minimum atomic E-state index is -3.62. The molecule has 2 aromatic carbocycles. The molecule has 172 valence electrons. The Bertz CT molecular complexity index is 1050. The topological polar surface area (TPSA) is 122 Å². The van der Waals surface area contributed by atoms with Crippen LogP contribution in [0.2, 0.25) is 0 Å². The average Bonchev–Trinajstić information content (AvgIpc) is 2.78. The molecule has 0 radical (unpaired) electrons. The lowest BCUT2D eigenvalue weighted by atomic mass is 10.2. The Morgan fingerprint density at radius 3 is 1.97 bits per heavy atom. The summed E-state index contributed by atoms with van der Waals surface area (Å²) in [5.74, 6) is -1.40. The molecule has 0 aliphatic rings. The first-order chi connectivity index (χ1) is 15.2. The largest absolute Gasteiger partial charge is 0.452 e. The highest BCUT2D eigenvalue weighted by Gasteiger charge is 2.16. The van der Waals surface area contributed by atoms with E-state index in [0.29, 0.717) is 24.3 Å². The molecule has 10 heteroatoms. The van der Waals surface area contributed by atoms with Crippen molar-refractivity contribution < 1.29 is 27.5 Å². The predicted molar refractivity (Wildman–Crippen MR) is 120 cm³/mol. The summed E-state index contributed by atoms with van der Waals surface area (Å²) in [6.45, 7) is 6.40. The smallest absolute Gasteiger partial charge is 0.338 e. The third-order valence-electron chi connectivity index (χ3n) is 4.54. The number of carbonyl (C=O) groups is 3. The molecule has 0 fully saturated rings. The van der Waals surface area contributed by atoms with Crippen LogP contribution < -0.4 is 10.0 Å². The van der Waals surface area contributed by atoms with Gasteiger partial charge in [0.25, 0.3) is 11.8 Å². The highest BCUT2D eigenvalue weighted by molar-refractivity contribution is 7.89. The molecular formula is C22H27N3O6S. The number of nitrogens with zero attached hydrogens (tertiary/aromatic N) is 1. The normalized spacial score (nSPS) is 11.0. The lowest BCUT2D eigenvalue weighted by molar-refractivity contribution is -0.119. The first-order valence-corrected chi connectivity index (χ1v) is 11.7. The predicted octanol–water partition coefficient (Wildman–Crippen LogP) is 2.26. The molecule has 0 aliphatic heterocycles. The summed E-state index contributed by atoms with van der Waals surface area (Å²) in [5, 5.41) is 2.59. The molecule has 32 heavy (non-hydrogen) atoms. The van der Waals surface area contributed by atoms with Gasteiger partial charge in [-0.15, -0.1) is 0 Å². The van der Waals surface area contributed by atoms with Crippen LogP contribution in [0.4, 0.5) is 5.69 Å². The fourth-order valence-corrected chi connectivity index (χ4v) is 3.89. The average molecular weight is 462 g/mol. The van der Waals surface area contributed by atoms with Gasteiger partial charge in [0.15, 0.2) is 6.61 Å². The van der Waals surface area contributed by atoms with Gasteiger partial charge in [-0.2, -0.15) is 0 Å². The van der Waals surface area contributed by atoms with Gasteiger partial charge in [-0.1, -0.05) is 6.92 Å². The molecule has 2 aromatic rings. The molecular weight excluding hydrogens is 434 g/mol. The Hall–Kier alpha value is -3.24. The summed E-state index contributed by atoms with van der Waals surface area (Å²) in [7, 11) is -3.62. The SMILES string of the molecule is CCNS(=O)(=O)c1ccc(C(=O)OCC(=O)Nc2ccc(C(=O)N(CC)CC)cc2)cc1.